The number of hydrogen-bond donors (Lipinski definition) is 0. The van der Waals surface area contributed by atoms with Crippen molar-refractivity contribution in [2.75, 3.05) is 0 Å². The average Bonchev–Trinajstić information content (AvgIpc) is 2.02. The van der Waals surface area contributed by atoms with E-state index in [2.05, 4.69) is 0 Å². The van der Waals surface area contributed by atoms with Gasteiger partial charge in [-0.1, -0.05) is 23.2 Å². The van der Waals surface area contributed by atoms with Gasteiger partial charge in [-0.2, -0.15) is 0 Å². The van der Waals surface area contributed by atoms with Crippen molar-refractivity contribution < 1.29 is 8.42 Å². The largest absolute Gasteiger partial charge is 0.223 e. The highest BCUT2D eigenvalue weighted by Gasteiger charge is 2.21. The summed E-state index contributed by atoms with van der Waals surface area (Å²) in [6, 6.07) is 4.38. The van der Waals surface area contributed by atoms with Gasteiger partial charge in [0.15, 0.2) is 9.84 Å². The molecular weight excluding hydrogens is 243 g/mol. The molecule has 1 aromatic rings. The normalized spacial score (nSPS) is 12.1. The number of benzene rings is 1. The number of hydrogen-bond acceptors (Lipinski definition) is 2. The molecule has 0 unspecified atom stereocenters. The molecule has 1 aromatic carbocycles. The van der Waals surface area contributed by atoms with Gasteiger partial charge in [-0.15, -0.1) is 0 Å². The molecule has 0 aliphatic carbocycles. The first kappa shape index (κ1) is 11.8. The second-order valence-electron chi connectivity index (χ2n) is 3.17. The van der Waals surface area contributed by atoms with E-state index in [1.807, 2.05) is 0 Å². The predicted octanol–water partition coefficient (Wildman–Crippen LogP) is 3.18. The first-order valence-electron chi connectivity index (χ1n) is 4.04. The van der Waals surface area contributed by atoms with Crippen molar-refractivity contribution in [2.24, 2.45) is 0 Å². The molecule has 0 aromatic heterocycles. The lowest BCUT2D eigenvalue weighted by Gasteiger charge is -2.09. The summed E-state index contributed by atoms with van der Waals surface area (Å²) in [4.78, 5) is 0.138. The SMILES string of the molecule is CC(C)S(=O)(=O)c1ccc(Cl)cc1Cl. The maximum atomic E-state index is 11.7. The summed E-state index contributed by atoms with van der Waals surface area (Å²) in [5.74, 6) is 0. The predicted molar refractivity (Wildman–Crippen MR) is 58.8 cm³/mol. The van der Waals surface area contributed by atoms with Crippen LogP contribution in [0.15, 0.2) is 23.1 Å². The molecule has 0 aliphatic rings. The second-order valence-corrected chi connectivity index (χ2v) is 6.48. The molecule has 0 saturated carbocycles. The molecular formula is C9H10Cl2O2S. The first-order valence-corrected chi connectivity index (χ1v) is 6.35. The smallest absolute Gasteiger partial charge is 0.182 e. The van der Waals surface area contributed by atoms with Crippen LogP contribution in [0.2, 0.25) is 10.0 Å². The quantitative estimate of drug-likeness (QED) is 0.811. The average molecular weight is 253 g/mol. The zero-order valence-corrected chi connectivity index (χ0v) is 10.1. The van der Waals surface area contributed by atoms with Crippen molar-refractivity contribution in [2.45, 2.75) is 24.0 Å². The van der Waals surface area contributed by atoms with Gasteiger partial charge < -0.3 is 0 Å². The minimum atomic E-state index is -3.31. The Morgan fingerprint density at radius 3 is 2.21 bits per heavy atom. The topological polar surface area (TPSA) is 34.1 Å². The highest BCUT2D eigenvalue weighted by atomic mass is 35.5. The van der Waals surface area contributed by atoms with E-state index in [-0.39, 0.29) is 9.92 Å². The maximum Gasteiger partial charge on any atom is 0.182 e. The highest BCUT2D eigenvalue weighted by molar-refractivity contribution is 7.92. The van der Waals surface area contributed by atoms with Crippen LogP contribution in [0.1, 0.15) is 13.8 Å². The van der Waals surface area contributed by atoms with Crippen LogP contribution in [0.5, 0.6) is 0 Å². The fourth-order valence-electron chi connectivity index (χ4n) is 0.960. The monoisotopic (exact) mass is 252 g/mol. The standard InChI is InChI=1S/C9H10Cl2O2S/c1-6(2)14(12,13)9-4-3-7(10)5-8(9)11/h3-6H,1-2H3. The van der Waals surface area contributed by atoms with Crippen molar-refractivity contribution in [3.63, 3.8) is 0 Å². The summed E-state index contributed by atoms with van der Waals surface area (Å²) >= 11 is 11.5. The molecule has 2 nitrogen and oxygen atoms in total. The van der Waals surface area contributed by atoms with E-state index >= 15 is 0 Å². The number of halogens is 2. The molecule has 14 heavy (non-hydrogen) atoms. The van der Waals surface area contributed by atoms with E-state index in [0.29, 0.717) is 5.02 Å². The summed E-state index contributed by atoms with van der Waals surface area (Å²) in [6.45, 7) is 3.22. The van der Waals surface area contributed by atoms with E-state index in [1.54, 1.807) is 13.8 Å². The fraction of sp³-hybridized carbons (Fsp3) is 0.333. The van der Waals surface area contributed by atoms with Gasteiger partial charge in [0.2, 0.25) is 0 Å². The Morgan fingerprint density at radius 2 is 1.79 bits per heavy atom. The second kappa shape index (κ2) is 4.09. The number of rotatable bonds is 2. The van der Waals surface area contributed by atoms with E-state index in [4.69, 9.17) is 23.2 Å². The van der Waals surface area contributed by atoms with E-state index in [1.165, 1.54) is 18.2 Å². The molecule has 0 spiro atoms. The Hall–Kier alpha value is -0.250. The van der Waals surface area contributed by atoms with Crippen LogP contribution in [0.4, 0.5) is 0 Å². The molecule has 0 aliphatic heterocycles. The Bertz CT molecular complexity index is 438. The zero-order valence-electron chi connectivity index (χ0n) is 7.79. The van der Waals surface area contributed by atoms with E-state index in [9.17, 15) is 8.42 Å². The van der Waals surface area contributed by atoms with Crippen molar-refractivity contribution >= 4 is 33.0 Å². The van der Waals surface area contributed by atoms with E-state index < -0.39 is 15.1 Å². The molecule has 0 radical (unpaired) electrons. The van der Waals surface area contributed by atoms with Crippen molar-refractivity contribution in [1.29, 1.82) is 0 Å². The molecule has 0 atom stereocenters. The summed E-state index contributed by atoms with van der Waals surface area (Å²) in [5, 5.41) is 0.116. The first-order chi connectivity index (χ1) is 6.35. The van der Waals surface area contributed by atoms with Gasteiger partial charge in [-0.05, 0) is 32.0 Å². The van der Waals surface area contributed by atoms with Crippen LogP contribution < -0.4 is 0 Å². The molecule has 0 heterocycles. The summed E-state index contributed by atoms with van der Waals surface area (Å²) in [7, 11) is -3.31. The molecule has 0 saturated heterocycles. The third-order valence-corrected chi connectivity index (χ3v) is 4.69. The molecule has 78 valence electrons. The summed E-state index contributed by atoms with van der Waals surface area (Å²) in [5.41, 5.74) is 0. The molecule has 1 rings (SSSR count). The van der Waals surface area contributed by atoms with Crippen LogP contribution in [-0.4, -0.2) is 13.7 Å². The molecule has 5 heteroatoms. The zero-order chi connectivity index (χ0) is 10.9. The van der Waals surface area contributed by atoms with Gasteiger partial charge in [-0.3, -0.25) is 0 Å². The fourth-order valence-corrected chi connectivity index (χ4v) is 2.79. The van der Waals surface area contributed by atoms with Crippen LogP contribution >= 0.6 is 23.2 Å². The summed E-state index contributed by atoms with van der Waals surface area (Å²) < 4.78 is 23.5. The lowest BCUT2D eigenvalue weighted by molar-refractivity contribution is 0.587. The van der Waals surface area contributed by atoms with Crippen molar-refractivity contribution in [3.05, 3.63) is 28.2 Å². The van der Waals surface area contributed by atoms with Crippen molar-refractivity contribution in [1.82, 2.24) is 0 Å². The Morgan fingerprint density at radius 1 is 1.21 bits per heavy atom. The van der Waals surface area contributed by atoms with Crippen LogP contribution in [-0.2, 0) is 9.84 Å². The Labute approximate surface area is 93.8 Å². The molecule has 0 amide bonds. The summed E-state index contributed by atoms with van der Waals surface area (Å²) in [6.07, 6.45) is 0. The van der Waals surface area contributed by atoms with Gasteiger partial charge in [0, 0.05) is 5.02 Å². The molecule has 0 N–H and O–H groups in total. The van der Waals surface area contributed by atoms with Crippen molar-refractivity contribution in [3.8, 4) is 0 Å². The lowest BCUT2D eigenvalue weighted by Crippen LogP contribution is -2.14. The maximum absolute atomic E-state index is 11.7. The number of sulfone groups is 1. The molecule has 0 bridgehead atoms. The molecule has 0 fully saturated rings. The van der Waals surface area contributed by atoms with Crippen LogP contribution in [0, 0.1) is 0 Å². The van der Waals surface area contributed by atoms with E-state index in [0.717, 1.165) is 0 Å². The highest BCUT2D eigenvalue weighted by Crippen LogP contribution is 2.27. The minimum absolute atomic E-state index is 0.138. The lowest BCUT2D eigenvalue weighted by atomic mass is 10.4. The van der Waals surface area contributed by atoms with Gasteiger partial charge in [0.25, 0.3) is 0 Å². The van der Waals surface area contributed by atoms with Crippen LogP contribution in [0.25, 0.3) is 0 Å². The van der Waals surface area contributed by atoms with Gasteiger partial charge in [0.05, 0.1) is 15.2 Å². The van der Waals surface area contributed by atoms with Crippen LogP contribution in [0.3, 0.4) is 0 Å². The third-order valence-electron chi connectivity index (χ3n) is 1.82. The Balaban J connectivity index is 3.35. The van der Waals surface area contributed by atoms with Gasteiger partial charge in [0.1, 0.15) is 0 Å². The Kier molecular flexibility index (Phi) is 3.45. The third kappa shape index (κ3) is 2.22. The van der Waals surface area contributed by atoms with Gasteiger partial charge in [-0.25, -0.2) is 8.42 Å². The minimum Gasteiger partial charge on any atom is -0.223 e. The van der Waals surface area contributed by atoms with Gasteiger partial charge >= 0.3 is 0 Å².